The zero-order chi connectivity index (χ0) is 20.1. The van der Waals surface area contributed by atoms with Crippen LogP contribution in [0.5, 0.6) is 11.5 Å². The summed E-state index contributed by atoms with van der Waals surface area (Å²) in [5.41, 5.74) is 2.13. The summed E-state index contributed by atoms with van der Waals surface area (Å²) in [4.78, 5) is 19.7. The largest absolute Gasteiger partial charge is 0.497 e. The molecule has 2 heterocycles. The molecule has 2 aromatic carbocycles. The van der Waals surface area contributed by atoms with E-state index in [1.807, 2.05) is 48.5 Å². The number of amides is 1. The average molecular weight is 385 g/mol. The lowest BCUT2D eigenvalue weighted by Gasteiger charge is -2.05. The Hall–Kier alpha value is -3.98. The van der Waals surface area contributed by atoms with Crippen LogP contribution >= 0.6 is 0 Å². The maximum Gasteiger partial charge on any atom is 0.268 e. The van der Waals surface area contributed by atoms with Crippen LogP contribution in [-0.2, 0) is 0 Å². The number of nitrogens with one attached hydrogen (secondary N) is 2. The molecule has 144 valence electrons. The van der Waals surface area contributed by atoms with Gasteiger partial charge in [0.25, 0.3) is 5.91 Å². The van der Waals surface area contributed by atoms with Crippen LogP contribution in [0, 0.1) is 11.8 Å². The van der Waals surface area contributed by atoms with Gasteiger partial charge in [0.1, 0.15) is 29.3 Å². The van der Waals surface area contributed by atoms with Crippen molar-refractivity contribution in [3.05, 3.63) is 66.5 Å². The molecule has 0 aliphatic carbocycles. The third-order valence-electron chi connectivity index (χ3n) is 4.43. The number of ether oxygens (including phenoxy) is 2. The Morgan fingerprint density at radius 2 is 2.00 bits per heavy atom. The Balaban J connectivity index is 1.31. The first-order valence-corrected chi connectivity index (χ1v) is 9.12. The lowest BCUT2D eigenvalue weighted by Crippen LogP contribution is -2.23. The minimum Gasteiger partial charge on any atom is -0.497 e. The molecule has 2 aromatic heterocycles. The minimum atomic E-state index is -0.214. The molecule has 6 nitrogen and oxygen atoms in total. The van der Waals surface area contributed by atoms with E-state index in [0.717, 1.165) is 27.6 Å². The van der Waals surface area contributed by atoms with Crippen LogP contribution in [-0.4, -0.2) is 36.1 Å². The number of methoxy groups -OCH3 is 1. The van der Waals surface area contributed by atoms with Gasteiger partial charge in [-0.2, -0.15) is 0 Å². The van der Waals surface area contributed by atoms with Gasteiger partial charge in [0.15, 0.2) is 0 Å². The van der Waals surface area contributed by atoms with Crippen molar-refractivity contribution >= 4 is 27.7 Å². The number of H-pyrrole nitrogens is 1. The van der Waals surface area contributed by atoms with Crippen LogP contribution < -0.4 is 14.8 Å². The van der Waals surface area contributed by atoms with E-state index in [1.165, 1.54) is 0 Å². The van der Waals surface area contributed by atoms with Gasteiger partial charge < -0.3 is 19.8 Å². The number of fused-ring (bicyclic) bond motifs is 2. The topological polar surface area (TPSA) is 76.2 Å². The van der Waals surface area contributed by atoms with Crippen molar-refractivity contribution in [2.45, 2.75) is 0 Å². The number of hydrogen-bond acceptors (Lipinski definition) is 4. The SMILES string of the molecule is COc1ccc2cc(C(=O)NCC#CCOc3cccc4cccnc34)[nH]c2c1. The van der Waals surface area contributed by atoms with Crippen LogP contribution in [0.15, 0.2) is 60.8 Å². The number of para-hydroxylation sites is 1. The highest BCUT2D eigenvalue weighted by molar-refractivity contribution is 5.98. The molecule has 4 rings (SSSR count). The second-order valence-electron chi connectivity index (χ2n) is 6.29. The highest BCUT2D eigenvalue weighted by Crippen LogP contribution is 2.23. The predicted octanol–water partition coefficient (Wildman–Crippen LogP) is 3.54. The second kappa shape index (κ2) is 8.36. The third kappa shape index (κ3) is 4.14. The number of carbonyl (C=O) groups is 1. The molecule has 29 heavy (non-hydrogen) atoms. The van der Waals surface area contributed by atoms with Gasteiger partial charge in [-0.25, -0.2) is 0 Å². The number of benzene rings is 2. The third-order valence-corrected chi connectivity index (χ3v) is 4.43. The molecule has 6 heteroatoms. The maximum absolute atomic E-state index is 12.3. The summed E-state index contributed by atoms with van der Waals surface area (Å²) in [6, 6.07) is 17.0. The summed E-state index contributed by atoms with van der Waals surface area (Å²) in [7, 11) is 1.61. The fourth-order valence-corrected chi connectivity index (χ4v) is 3.00. The molecule has 1 amide bonds. The van der Waals surface area contributed by atoms with Crippen LogP contribution in [0.25, 0.3) is 21.8 Å². The molecule has 2 N–H and O–H groups in total. The Morgan fingerprint density at radius 3 is 2.90 bits per heavy atom. The maximum atomic E-state index is 12.3. The first-order chi connectivity index (χ1) is 14.2. The van der Waals surface area contributed by atoms with Crippen LogP contribution in [0.1, 0.15) is 10.5 Å². The lowest BCUT2D eigenvalue weighted by molar-refractivity contribution is 0.0954. The lowest BCUT2D eigenvalue weighted by atomic mass is 10.2. The van der Waals surface area contributed by atoms with E-state index in [2.05, 4.69) is 27.1 Å². The first kappa shape index (κ1) is 18.4. The minimum absolute atomic E-state index is 0.214. The fourth-order valence-electron chi connectivity index (χ4n) is 3.00. The standard InChI is InChI=1S/C23H19N3O3/c1-28-18-10-9-17-14-20(26-19(17)15-18)23(27)25-11-2-3-13-29-21-8-4-6-16-7-5-12-24-22(16)21/h4-10,12,14-15,26H,11,13H2,1H3,(H,25,27). The predicted molar refractivity (Wildman–Crippen MR) is 112 cm³/mol. The van der Waals surface area contributed by atoms with E-state index in [9.17, 15) is 4.79 Å². The number of rotatable bonds is 5. The number of nitrogens with zero attached hydrogens (tertiary/aromatic N) is 1. The Labute approximate surface area is 167 Å². The van der Waals surface area contributed by atoms with Crippen molar-refractivity contribution < 1.29 is 14.3 Å². The fraction of sp³-hybridized carbons (Fsp3) is 0.130. The summed E-state index contributed by atoms with van der Waals surface area (Å²) in [5, 5.41) is 4.73. The molecular weight excluding hydrogens is 366 g/mol. The highest BCUT2D eigenvalue weighted by atomic mass is 16.5. The summed E-state index contributed by atoms with van der Waals surface area (Å²) in [6.07, 6.45) is 1.73. The van der Waals surface area contributed by atoms with Gasteiger partial charge in [0, 0.05) is 28.6 Å². The number of pyridine rings is 1. The summed E-state index contributed by atoms with van der Waals surface area (Å²) < 4.78 is 10.9. The summed E-state index contributed by atoms with van der Waals surface area (Å²) >= 11 is 0. The summed E-state index contributed by atoms with van der Waals surface area (Å²) in [6.45, 7) is 0.451. The number of aromatic nitrogens is 2. The van der Waals surface area contributed by atoms with E-state index in [1.54, 1.807) is 19.4 Å². The van der Waals surface area contributed by atoms with Crippen LogP contribution in [0.3, 0.4) is 0 Å². The Kier molecular flexibility index (Phi) is 5.30. The molecule has 0 spiro atoms. The van der Waals surface area contributed by atoms with Crippen molar-refractivity contribution in [2.75, 3.05) is 20.3 Å². The molecule has 0 bridgehead atoms. The van der Waals surface area contributed by atoms with Gasteiger partial charge in [0.2, 0.25) is 0 Å². The van der Waals surface area contributed by atoms with E-state index in [0.29, 0.717) is 11.4 Å². The molecule has 0 aliphatic heterocycles. The van der Waals surface area contributed by atoms with Gasteiger partial charge in [-0.3, -0.25) is 9.78 Å². The van der Waals surface area contributed by atoms with Gasteiger partial charge in [-0.15, -0.1) is 0 Å². The zero-order valence-corrected chi connectivity index (χ0v) is 15.9. The van der Waals surface area contributed by atoms with Crippen LogP contribution in [0.2, 0.25) is 0 Å². The number of aromatic amines is 1. The van der Waals surface area contributed by atoms with Crippen LogP contribution in [0.4, 0.5) is 0 Å². The number of hydrogen-bond donors (Lipinski definition) is 2. The molecule has 0 fully saturated rings. The molecule has 0 saturated heterocycles. The average Bonchev–Trinajstić information content (AvgIpc) is 3.19. The van der Waals surface area contributed by atoms with Gasteiger partial charge >= 0.3 is 0 Å². The van der Waals surface area contributed by atoms with E-state index in [-0.39, 0.29) is 19.1 Å². The zero-order valence-electron chi connectivity index (χ0n) is 15.9. The van der Waals surface area contributed by atoms with Gasteiger partial charge in [-0.05, 0) is 30.3 Å². The van der Waals surface area contributed by atoms with Gasteiger partial charge in [-0.1, -0.05) is 30.0 Å². The molecule has 0 atom stereocenters. The highest BCUT2D eigenvalue weighted by Gasteiger charge is 2.09. The second-order valence-corrected chi connectivity index (χ2v) is 6.29. The van der Waals surface area contributed by atoms with E-state index < -0.39 is 0 Å². The van der Waals surface area contributed by atoms with E-state index in [4.69, 9.17) is 9.47 Å². The smallest absolute Gasteiger partial charge is 0.268 e. The normalized spacial score (nSPS) is 10.4. The number of carbonyl (C=O) groups excluding carboxylic acids is 1. The van der Waals surface area contributed by atoms with Crippen molar-refractivity contribution in [2.24, 2.45) is 0 Å². The molecular formula is C23H19N3O3. The van der Waals surface area contributed by atoms with Crippen molar-refractivity contribution in [3.8, 4) is 23.3 Å². The van der Waals surface area contributed by atoms with Gasteiger partial charge in [0.05, 0.1) is 13.7 Å². The van der Waals surface area contributed by atoms with Crippen molar-refractivity contribution in [1.29, 1.82) is 0 Å². The summed E-state index contributed by atoms with van der Waals surface area (Å²) in [5.74, 6) is 7.01. The molecule has 0 saturated carbocycles. The molecule has 0 unspecified atom stereocenters. The molecule has 4 aromatic rings. The molecule has 0 aliphatic rings. The Bertz CT molecular complexity index is 1230. The molecule has 0 radical (unpaired) electrons. The first-order valence-electron chi connectivity index (χ1n) is 9.12. The Morgan fingerprint density at radius 1 is 1.10 bits per heavy atom. The van der Waals surface area contributed by atoms with Crippen molar-refractivity contribution in [1.82, 2.24) is 15.3 Å². The quantitative estimate of drug-likeness (QED) is 0.515. The monoisotopic (exact) mass is 385 g/mol. The van der Waals surface area contributed by atoms with Crippen molar-refractivity contribution in [3.63, 3.8) is 0 Å². The van der Waals surface area contributed by atoms with E-state index >= 15 is 0 Å².